The van der Waals surface area contributed by atoms with E-state index in [4.69, 9.17) is 0 Å². The van der Waals surface area contributed by atoms with Crippen molar-refractivity contribution in [3.8, 4) is 0 Å². The average Bonchev–Trinajstić information content (AvgIpc) is 3.08. The fourth-order valence-electron chi connectivity index (χ4n) is 2.66. The summed E-state index contributed by atoms with van der Waals surface area (Å²) in [6.45, 7) is 5.31. The van der Waals surface area contributed by atoms with E-state index in [1.807, 2.05) is 0 Å². The van der Waals surface area contributed by atoms with E-state index in [1.165, 1.54) is 45.0 Å². The van der Waals surface area contributed by atoms with Gasteiger partial charge in [0.25, 0.3) is 0 Å². The van der Waals surface area contributed by atoms with Gasteiger partial charge in [-0.2, -0.15) is 0 Å². The summed E-state index contributed by atoms with van der Waals surface area (Å²) in [5.74, 6) is 0. The Hall–Kier alpha value is -0.800. The minimum atomic E-state index is 0.748. The zero-order chi connectivity index (χ0) is 12.9. The van der Waals surface area contributed by atoms with Crippen molar-refractivity contribution in [2.75, 3.05) is 0 Å². The zero-order valence-corrected chi connectivity index (χ0v) is 12.8. The second-order valence-corrected chi connectivity index (χ2v) is 6.24. The first-order chi connectivity index (χ1) is 8.58. The largest absolute Gasteiger partial charge is 0.345 e. The molecule has 3 rings (SSSR count). The van der Waals surface area contributed by atoms with Crippen LogP contribution in [0, 0.1) is 13.8 Å². The molecule has 1 aliphatic rings. The molecule has 0 bridgehead atoms. The van der Waals surface area contributed by atoms with Crippen LogP contribution in [0.25, 0.3) is 10.9 Å². The van der Waals surface area contributed by atoms with Gasteiger partial charge in [0.15, 0.2) is 0 Å². The minimum absolute atomic E-state index is 0.748. The molecule has 1 fully saturated rings. The Kier molecular flexibility index (Phi) is 2.99. The summed E-state index contributed by atoms with van der Waals surface area (Å²) < 4.78 is 3.57. The molecule has 1 aromatic carbocycles. The van der Waals surface area contributed by atoms with Crippen LogP contribution < -0.4 is 5.32 Å². The molecule has 2 nitrogen and oxygen atoms in total. The number of nitrogens with zero attached hydrogens (tertiary/aromatic N) is 1. The molecule has 0 amide bonds. The highest BCUT2D eigenvalue weighted by atomic mass is 79.9. The molecule has 1 heterocycles. The van der Waals surface area contributed by atoms with Gasteiger partial charge < -0.3 is 9.88 Å². The summed E-state index contributed by atoms with van der Waals surface area (Å²) in [5.41, 5.74) is 5.36. The predicted molar refractivity (Wildman–Crippen MR) is 80.0 cm³/mol. The van der Waals surface area contributed by atoms with Gasteiger partial charge in [0.1, 0.15) is 0 Å². The van der Waals surface area contributed by atoms with E-state index in [9.17, 15) is 0 Å². The molecule has 1 aliphatic carbocycles. The van der Waals surface area contributed by atoms with Gasteiger partial charge in [-0.05, 0) is 59.8 Å². The Labute approximate surface area is 116 Å². The molecule has 2 aromatic rings. The standard InChI is InChI=1S/C15H19BrN2/c1-9-6-10(2)14-12(7-9)18(3)13(15(14)16)8-17-11-4-5-11/h6-7,11,17H,4-5,8H2,1-3H3. The Morgan fingerprint density at radius 2 is 2.06 bits per heavy atom. The van der Waals surface area contributed by atoms with Gasteiger partial charge in [-0.25, -0.2) is 0 Å². The SMILES string of the molecule is Cc1cc(C)c2c(Br)c(CNC3CC3)n(C)c2c1. The minimum Gasteiger partial charge on any atom is -0.345 e. The average molecular weight is 307 g/mol. The molecule has 96 valence electrons. The molecule has 0 radical (unpaired) electrons. The van der Waals surface area contributed by atoms with Crippen LogP contribution in [0.1, 0.15) is 29.7 Å². The van der Waals surface area contributed by atoms with Crippen molar-refractivity contribution in [3.05, 3.63) is 33.4 Å². The number of hydrogen-bond acceptors (Lipinski definition) is 1. The van der Waals surface area contributed by atoms with Crippen LogP contribution in [-0.2, 0) is 13.6 Å². The molecular formula is C15H19BrN2. The van der Waals surface area contributed by atoms with Crippen molar-refractivity contribution in [2.45, 2.75) is 39.3 Å². The number of aryl methyl sites for hydroxylation is 3. The van der Waals surface area contributed by atoms with Crippen LogP contribution in [-0.4, -0.2) is 10.6 Å². The summed E-state index contributed by atoms with van der Waals surface area (Å²) in [4.78, 5) is 0. The third-order valence-corrected chi connectivity index (χ3v) is 4.69. The number of rotatable bonds is 3. The van der Waals surface area contributed by atoms with Crippen LogP contribution in [0.5, 0.6) is 0 Å². The van der Waals surface area contributed by atoms with Crippen LogP contribution in [0.3, 0.4) is 0 Å². The van der Waals surface area contributed by atoms with E-state index in [2.05, 4.69) is 58.8 Å². The number of nitrogens with one attached hydrogen (secondary N) is 1. The normalized spacial score (nSPS) is 15.6. The van der Waals surface area contributed by atoms with E-state index in [0.29, 0.717) is 0 Å². The van der Waals surface area contributed by atoms with Crippen molar-refractivity contribution in [3.63, 3.8) is 0 Å². The fraction of sp³-hybridized carbons (Fsp3) is 0.467. The molecule has 0 atom stereocenters. The Morgan fingerprint density at radius 1 is 1.33 bits per heavy atom. The lowest BCUT2D eigenvalue weighted by atomic mass is 10.1. The maximum atomic E-state index is 3.79. The highest BCUT2D eigenvalue weighted by Crippen LogP contribution is 2.34. The van der Waals surface area contributed by atoms with Crippen LogP contribution in [0.2, 0.25) is 0 Å². The molecule has 0 spiro atoms. The predicted octanol–water partition coefficient (Wildman–Crippen LogP) is 3.81. The summed E-state index contributed by atoms with van der Waals surface area (Å²) in [5, 5.41) is 4.96. The van der Waals surface area contributed by atoms with E-state index in [-0.39, 0.29) is 0 Å². The van der Waals surface area contributed by atoms with Crippen molar-refractivity contribution < 1.29 is 0 Å². The number of benzene rings is 1. The Bertz CT molecular complexity index is 609. The van der Waals surface area contributed by atoms with E-state index >= 15 is 0 Å². The lowest BCUT2D eigenvalue weighted by Crippen LogP contribution is -2.17. The summed E-state index contributed by atoms with van der Waals surface area (Å²) >= 11 is 3.79. The molecule has 1 aromatic heterocycles. The van der Waals surface area contributed by atoms with E-state index in [1.54, 1.807) is 0 Å². The lowest BCUT2D eigenvalue weighted by Gasteiger charge is -2.06. The van der Waals surface area contributed by atoms with Crippen LogP contribution in [0.4, 0.5) is 0 Å². The smallest absolute Gasteiger partial charge is 0.0497 e. The maximum Gasteiger partial charge on any atom is 0.0497 e. The zero-order valence-electron chi connectivity index (χ0n) is 11.2. The highest BCUT2D eigenvalue weighted by Gasteiger charge is 2.22. The third-order valence-electron chi connectivity index (χ3n) is 3.83. The topological polar surface area (TPSA) is 17.0 Å². The number of fused-ring (bicyclic) bond motifs is 1. The summed E-state index contributed by atoms with van der Waals surface area (Å²) in [6.07, 6.45) is 2.67. The Morgan fingerprint density at radius 3 is 2.72 bits per heavy atom. The van der Waals surface area contributed by atoms with Gasteiger partial charge in [-0.3, -0.25) is 0 Å². The maximum absolute atomic E-state index is 3.79. The first-order valence-corrected chi connectivity index (χ1v) is 7.34. The summed E-state index contributed by atoms with van der Waals surface area (Å²) in [6, 6.07) is 5.27. The first-order valence-electron chi connectivity index (χ1n) is 6.55. The first kappa shape index (κ1) is 12.2. The van der Waals surface area contributed by atoms with Gasteiger partial charge in [-0.15, -0.1) is 0 Å². The van der Waals surface area contributed by atoms with Crippen LogP contribution >= 0.6 is 15.9 Å². The van der Waals surface area contributed by atoms with E-state index in [0.717, 1.165) is 12.6 Å². The van der Waals surface area contributed by atoms with Crippen molar-refractivity contribution in [2.24, 2.45) is 7.05 Å². The van der Waals surface area contributed by atoms with Crippen molar-refractivity contribution in [1.29, 1.82) is 0 Å². The van der Waals surface area contributed by atoms with Gasteiger partial charge in [0.05, 0.1) is 0 Å². The quantitative estimate of drug-likeness (QED) is 0.912. The highest BCUT2D eigenvalue weighted by molar-refractivity contribution is 9.10. The third kappa shape index (κ3) is 1.99. The van der Waals surface area contributed by atoms with Crippen LogP contribution in [0.15, 0.2) is 16.6 Å². The number of aromatic nitrogens is 1. The van der Waals surface area contributed by atoms with Gasteiger partial charge in [-0.1, -0.05) is 6.07 Å². The van der Waals surface area contributed by atoms with Gasteiger partial charge >= 0.3 is 0 Å². The molecular weight excluding hydrogens is 288 g/mol. The number of hydrogen-bond donors (Lipinski definition) is 1. The van der Waals surface area contributed by atoms with Crippen molar-refractivity contribution >= 4 is 26.8 Å². The molecule has 0 unspecified atom stereocenters. The van der Waals surface area contributed by atoms with Gasteiger partial charge in [0.2, 0.25) is 0 Å². The monoisotopic (exact) mass is 306 g/mol. The lowest BCUT2D eigenvalue weighted by molar-refractivity contribution is 0.653. The fourth-order valence-corrected chi connectivity index (χ4v) is 3.58. The molecule has 18 heavy (non-hydrogen) atoms. The Balaban J connectivity index is 2.10. The molecule has 1 N–H and O–H groups in total. The second kappa shape index (κ2) is 4.39. The van der Waals surface area contributed by atoms with E-state index < -0.39 is 0 Å². The summed E-state index contributed by atoms with van der Waals surface area (Å²) in [7, 11) is 2.16. The van der Waals surface area contributed by atoms with Crippen molar-refractivity contribution in [1.82, 2.24) is 9.88 Å². The molecule has 1 saturated carbocycles. The van der Waals surface area contributed by atoms with Gasteiger partial charge in [0, 0.05) is 40.7 Å². The molecule has 0 aliphatic heterocycles. The molecule has 0 saturated heterocycles. The molecule has 3 heteroatoms. The number of halogens is 1. The second-order valence-electron chi connectivity index (χ2n) is 5.45.